The molecule has 0 aliphatic carbocycles. The first-order valence-corrected chi connectivity index (χ1v) is 4.47. The Labute approximate surface area is 89.0 Å². The highest BCUT2D eigenvalue weighted by atomic mass is 16.5. The Morgan fingerprint density at radius 2 is 2.27 bits per heavy atom. The Morgan fingerprint density at radius 1 is 1.47 bits per heavy atom. The lowest BCUT2D eigenvalue weighted by Crippen LogP contribution is -1.98. The molecular weight excluding hydrogens is 192 g/mol. The lowest BCUT2D eigenvalue weighted by atomic mass is 10.2. The van der Waals surface area contributed by atoms with Gasteiger partial charge in [-0.05, 0) is 19.1 Å². The van der Waals surface area contributed by atoms with Crippen molar-refractivity contribution >= 4 is 6.29 Å². The van der Waals surface area contributed by atoms with E-state index in [4.69, 9.17) is 9.47 Å². The molecule has 0 bridgehead atoms. The van der Waals surface area contributed by atoms with Crippen LogP contribution in [0.3, 0.4) is 0 Å². The van der Waals surface area contributed by atoms with Gasteiger partial charge in [0.05, 0.1) is 12.7 Å². The normalized spacial score (nSPS) is 8.67. The van der Waals surface area contributed by atoms with Gasteiger partial charge in [0.15, 0.2) is 6.29 Å². The quantitative estimate of drug-likeness (QED) is 0.555. The van der Waals surface area contributed by atoms with E-state index in [1.165, 1.54) is 0 Å². The molecule has 78 valence electrons. The van der Waals surface area contributed by atoms with Gasteiger partial charge in [-0.15, -0.1) is 5.92 Å². The second-order valence-electron chi connectivity index (χ2n) is 2.74. The van der Waals surface area contributed by atoms with E-state index in [9.17, 15) is 4.79 Å². The van der Waals surface area contributed by atoms with Crippen molar-refractivity contribution < 1.29 is 14.3 Å². The molecule has 0 saturated heterocycles. The highest BCUT2D eigenvalue weighted by Crippen LogP contribution is 2.23. The van der Waals surface area contributed by atoms with Crippen molar-refractivity contribution in [1.82, 2.24) is 0 Å². The monoisotopic (exact) mass is 204 g/mol. The van der Waals surface area contributed by atoms with Crippen LogP contribution < -0.4 is 9.47 Å². The minimum atomic E-state index is 0.268. The molecule has 3 nitrogen and oxygen atoms in total. The first kappa shape index (κ1) is 11.1. The maximum atomic E-state index is 10.7. The molecule has 15 heavy (non-hydrogen) atoms. The Hall–Kier alpha value is -1.95. The number of carbonyl (C=O) groups excluding carboxylic acids is 1. The number of hydrogen-bond donors (Lipinski definition) is 0. The van der Waals surface area contributed by atoms with E-state index in [0.29, 0.717) is 17.1 Å². The van der Waals surface area contributed by atoms with E-state index < -0.39 is 0 Å². The van der Waals surface area contributed by atoms with Crippen molar-refractivity contribution in [3.8, 4) is 23.3 Å². The summed E-state index contributed by atoms with van der Waals surface area (Å²) in [6.07, 6.45) is 0.744. The highest BCUT2D eigenvalue weighted by Gasteiger charge is 2.03. The second-order valence-corrected chi connectivity index (χ2v) is 2.74. The van der Waals surface area contributed by atoms with Crippen LogP contribution in [0.1, 0.15) is 17.3 Å². The smallest absolute Gasteiger partial charge is 0.153 e. The van der Waals surface area contributed by atoms with Crippen LogP contribution in [0.4, 0.5) is 0 Å². The largest absolute Gasteiger partial charge is 0.497 e. The van der Waals surface area contributed by atoms with Crippen molar-refractivity contribution in [2.24, 2.45) is 0 Å². The molecule has 0 amide bonds. The minimum Gasteiger partial charge on any atom is -0.497 e. The van der Waals surface area contributed by atoms with Crippen LogP contribution in [0.15, 0.2) is 18.2 Å². The Balaban J connectivity index is 2.88. The second kappa shape index (κ2) is 5.71. The fourth-order valence-electron chi connectivity index (χ4n) is 1.05. The average molecular weight is 204 g/mol. The molecule has 3 heteroatoms. The van der Waals surface area contributed by atoms with Crippen LogP contribution in [0.25, 0.3) is 0 Å². The Bertz CT molecular complexity index is 399. The number of rotatable bonds is 4. The first-order valence-electron chi connectivity index (χ1n) is 4.47. The van der Waals surface area contributed by atoms with Gasteiger partial charge in [0.2, 0.25) is 0 Å². The number of hydrogen-bond acceptors (Lipinski definition) is 3. The zero-order chi connectivity index (χ0) is 11.1. The summed E-state index contributed by atoms with van der Waals surface area (Å²) >= 11 is 0. The lowest BCUT2D eigenvalue weighted by molar-refractivity contribution is 0.112. The maximum absolute atomic E-state index is 10.7. The molecule has 1 aromatic carbocycles. The van der Waals surface area contributed by atoms with Gasteiger partial charge in [-0.3, -0.25) is 4.79 Å². The van der Waals surface area contributed by atoms with Crippen molar-refractivity contribution in [2.45, 2.75) is 6.92 Å². The molecule has 0 radical (unpaired) electrons. The summed E-state index contributed by atoms with van der Waals surface area (Å²) in [5.41, 5.74) is 0.494. The van der Waals surface area contributed by atoms with Gasteiger partial charge in [-0.25, -0.2) is 0 Å². The molecule has 0 N–H and O–H groups in total. The van der Waals surface area contributed by atoms with Crippen LogP contribution in [-0.2, 0) is 0 Å². The molecule has 1 rings (SSSR count). The minimum absolute atomic E-state index is 0.268. The molecule has 0 unspecified atom stereocenters. The molecule has 0 spiro atoms. The summed E-state index contributed by atoms with van der Waals surface area (Å²) in [7, 11) is 1.56. The predicted octanol–water partition coefficient (Wildman–Crippen LogP) is 1.91. The number of benzene rings is 1. The summed E-state index contributed by atoms with van der Waals surface area (Å²) in [5.74, 6) is 6.61. The highest BCUT2D eigenvalue weighted by molar-refractivity contribution is 5.79. The fraction of sp³-hybridized carbons (Fsp3) is 0.250. The zero-order valence-electron chi connectivity index (χ0n) is 8.74. The number of methoxy groups -OCH3 is 1. The van der Waals surface area contributed by atoms with E-state index in [0.717, 1.165) is 6.29 Å². The van der Waals surface area contributed by atoms with E-state index in [-0.39, 0.29) is 6.61 Å². The van der Waals surface area contributed by atoms with Crippen molar-refractivity contribution in [3.05, 3.63) is 23.8 Å². The van der Waals surface area contributed by atoms with Gasteiger partial charge in [-0.2, -0.15) is 0 Å². The molecular formula is C12H12O3. The SMILES string of the molecule is CC#CCOc1cc(OC)ccc1C=O. The van der Waals surface area contributed by atoms with Crippen LogP contribution in [0, 0.1) is 11.8 Å². The summed E-state index contributed by atoms with van der Waals surface area (Å²) in [5, 5.41) is 0. The fourth-order valence-corrected chi connectivity index (χ4v) is 1.05. The van der Waals surface area contributed by atoms with Crippen molar-refractivity contribution in [3.63, 3.8) is 0 Å². The molecule has 1 aromatic rings. The molecule has 0 aliphatic rings. The molecule has 0 fully saturated rings. The topological polar surface area (TPSA) is 35.5 Å². The van der Waals surface area contributed by atoms with E-state index in [1.54, 1.807) is 32.2 Å². The molecule has 0 aromatic heterocycles. The first-order chi connectivity index (χ1) is 7.31. The molecule has 0 atom stereocenters. The van der Waals surface area contributed by atoms with Gasteiger partial charge in [0.25, 0.3) is 0 Å². The van der Waals surface area contributed by atoms with E-state index in [1.807, 2.05) is 0 Å². The van der Waals surface area contributed by atoms with Gasteiger partial charge < -0.3 is 9.47 Å². The van der Waals surface area contributed by atoms with Gasteiger partial charge in [0, 0.05) is 6.07 Å². The summed E-state index contributed by atoms with van der Waals surface area (Å²) in [6, 6.07) is 5.03. The predicted molar refractivity (Wildman–Crippen MR) is 57.3 cm³/mol. The summed E-state index contributed by atoms with van der Waals surface area (Å²) < 4.78 is 10.4. The zero-order valence-corrected chi connectivity index (χ0v) is 8.74. The van der Waals surface area contributed by atoms with Crippen LogP contribution in [-0.4, -0.2) is 20.0 Å². The van der Waals surface area contributed by atoms with E-state index in [2.05, 4.69) is 11.8 Å². The van der Waals surface area contributed by atoms with Crippen LogP contribution in [0.5, 0.6) is 11.5 Å². The standard InChI is InChI=1S/C12H12O3/c1-3-4-7-15-12-8-11(14-2)6-5-10(12)9-13/h5-6,8-9H,7H2,1-2H3. The molecule has 0 heterocycles. The lowest BCUT2D eigenvalue weighted by Gasteiger charge is -2.07. The Kier molecular flexibility index (Phi) is 4.24. The maximum Gasteiger partial charge on any atom is 0.153 e. The van der Waals surface area contributed by atoms with E-state index >= 15 is 0 Å². The number of aldehydes is 1. The molecule has 0 aliphatic heterocycles. The third-order valence-electron chi connectivity index (χ3n) is 1.82. The van der Waals surface area contributed by atoms with Crippen molar-refractivity contribution in [2.75, 3.05) is 13.7 Å². The summed E-state index contributed by atoms with van der Waals surface area (Å²) in [6.45, 7) is 2.00. The van der Waals surface area contributed by atoms with Gasteiger partial charge >= 0.3 is 0 Å². The van der Waals surface area contributed by atoms with Crippen LogP contribution >= 0.6 is 0 Å². The summed E-state index contributed by atoms with van der Waals surface area (Å²) in [4.78, 5) is 10.7. The van der Waals surface area contributed by atoms with Crippen molar-refractivity contribution in [1.29, 1.82) is 0 Å². The number of ether oxygens (including phenoxy) is 2. The van der Waals surface area contributed by atoms with Crippen LogP contribution in [0.2, 0.25) is 0 Å². The third-order valence-corrected chi connectivity index (χ3v) is 1.82. The average Bonchev–Trinajstić information content (AvgIpc) is 2.29. The molecule has 0 saturated carbocycles. The van der Waals surface area contributed by atoms with Gasteiger partial charge in [-0.1, -0.05) is 5.92 Å². The third kappa shape index (κ3) is 3.03. The Morgan fingerprint density at radius 3 is 2.87 bits per heavy atom. The number of carbonyl (C=O) groups is 1. The van der Waals surface area contributed by atoms with Gasteiger partial charge in [0.1, 0.15) is 18.1 Å².